The van der Waals surface area contributed by atoms with Crippen LogP contribution in [-0.2, 0) is 15.0 Å². The molecule has 6 nitrogen and oxygen atoms in total. The van der Waals surface area contributed by atoms with Crippen LogP contribution in [0.4, 0.5) is 0 Å². The number of hydrogen-bond acceptors (Lipinski definition) is 4. The molecule has 0 aliphatic carbocycles. The fourth-order valence-electron chi connectivity index (χ4n) is 3.50. The summed E-state index contributed by atoms with van der Waals surface area (Å²) >= 11 is 0. The molecule has 2 aliphatic heterocycles. The Morgan fingerprint density at radius 3 is 2.69 bits per heavy atom. The number of carbonyl (C=O) groups is 2. The lowest BCUT2D eigenvalue weighted by Crippen LogP contribution is -2.46. The fourth-order valence-corrected chi connectivity index (χ4v) is 3.50. The van der Waals surface area contributed by atoms with Crippen LogP contribution < -0.4 is 14.8 Å². The monoisotopic (exact) mass is 360 g/mol. The van der Waals surface area contributed by atoms with E-state index in [0.717, 1.165) is 36.4 Å². The first kappa shape index (κ1) is 18.5. The van der Waals surface area contributed by atoms with Gasteiger partial charge in [-0.25, -0.2) is 0 Å². The van der Waals surface area contributed by atoms with Crippen LogP contribution in [0.15, 0.2) is 18.2 Å². The third kappa shape index (κ3) is 4.11. The van der Waals surface area contributed by atoms with Gasteiger partial charge in [0.2, 0.25) is 11.8 Å². The number of ether oxygens (including phenoxy) is 2. The number of piperidine rings is 1. The molecule has 3 rings (SSSR count). The molecule has 26 heavy (non-hydrogen) atoms. The molecule has 0 unspecified atom stereocenters. The molecular weight excluding hydrogens is 332 g/mol. The van der Waals surface area contributed by atoms with E-state index in [9.17, 15) is 9.59 Å². The molecule has 1 aromatic carbocycles. The zero-order chi connectivity index (χ0) is 18.7. The van der Waals surface area contributed by atoms with Crippen LogP contribution in [0, 0.1) is 5.92 Å². The maximum atomic E-state index is 12.6. The lowest BCUT2D eigenvalue weighted by Gasteiger charge is -2.33. The summed E-state index contributed by atoms with van der Waals surface area (Å²) in [4.78, 5) is 25.9. The van der Waals surface area contributed by atoms with Crippen LogP contribution in [-0.4, -0.2) is 49.6 Å². The zero-order valence-electron chi connectivity index (χ0n) is 15.8. The number of amides is 2. The third-order valence-electron chi connectivity index (χ3n) is 5.27. The summed E-state index contributed by atoms with van der Waals surface area (Å²) in [7, 11) is 0. The lowest BCUT2D eigenvalue weighted by atomic mass is 9.84. The van der Waals surface area contributed by atoms with E-state index in [1.165, 1.54) is 0 Å². The molecular formula is C20H28N2O4. The van der Waals surface area contributed by atoms with Crippen molar-refractivity contribution in [1.29, 1.82) is 0 Å². The van der Waals surface area contributed by atoms with Crippen molar-refractivity contribution in [2.45, 2.75) is 39.0 Å². The Bertz CT molecular complexity index is 686. The van der Waals surface area contributed by atoms with Gasteiger partial charge in [-0.05, 0) is 30.5 Å². The average molecular weight is 360 g/mol. The summed E-state index contributed by atoms with van der Waals surface area (Å²) in [5, 5.41) is 3.08. The molecule has 142 valence electrons. The van der Waals surface area contributed by atoms with E-state index in [4.69, 9.17) is 9.47 Å². The largest absolute Gasteiger partial charge is 0.486 e. The first-order chi connectivity index (χ1) is 12.4. The number of rotatable bonds is 4. The Balaban J connectivity index is 1.61. The van der Waals surface area contributed by atoms with Crippen molar-refractivity contribution in [3.05, 3.63) is 23.8 Å². The molecule has 2 amide bonds. The number of likely N-dealkylation sites (tertiary alicyclic amines) is 1. The van der Waals surface area contributed by atoms with Gasteiger partial charge in [-0.2, -0.15) is 0 Å². The Hall–Kier alpha value is -2.24. The molecule has 6 heteroatoms. The molecule has 1 atom stereocenters. The number of benzene rings is 1. The van der Waals surface area contributed by atoms with Crippen molar-refractivity contribution in [3.63, 3.8) is 0 Å². The summed E-state index contributed by atoms with van der Waals surface area (Å²) in [5.74, 6) is 1.48. The van der Waals surface area contributed by atoms with E-state index < -0.39 is 0 Å². The smallest absolute Gasteiger partial charge is 0.224 e. The average Bonchev–Trinajstić information content (AvgIpc) is 2.65. The van der Waals surface area contributed by atoms with Crippen LogP contribution in [0.2, 0.25) is 0 Å². The SMILES string of the molecule is CC(=O)N1CCC[C@@H](C(=O)NCC(C)(C)c2ccc3c(c2)OCCO3)C1. The number of nitrogens with one attached hydrogen (secondary N) is 1. The van der Waals surface area contributed by atoms with Gasteiger partial charge in [0.15, 0.2) is 11.5 Å². The van der Waals surface area contributed by atoms with Gasteiger partial charge in [-0.3, -0.25) is 9.59 Å². The predicted octanol–water partition coefficient (Wildman–Crippen LogP) is 2.11. The van der Waals surface area contributed by atoms with E-state index in [2.05, 4.69) is 19.2 Å². The second kappa shape index (κ2) is 7.56. The van der Waals surface area contributed by atoms with Crippen molar-refractivity contribution in [2.75, 3.05) is 32.8 Å². The van der Waals surface area contributed by atoms with E-state index >= 15 is 0 Å². The van der Waals surface area contributed by atoms with Crippen LogP contribution in [0.5, 0.6) is 11.5 Å². The summed E-state index contributed by atoms with van der Waals surface area (Å²) in [6, 6.07) is 5.95. The lowest BCUT2D eigenvalue weighted by molar-refractivity contribution is -0.134. The number of nitrogens with zero attached hydrogens (tertiary/aromatic N) is 1. The molecule has 1 fully saturated rings. The first-order valence-electron chi connectivity index (χ1n) is 9.30. The highest BCUT2D eigenvalue weighted by molar-refractivity contribution is 5.80. The van der Waals surface area contributed by atoms with Gasteiger partial charge < -0.3 is 19.7 Å². The third-order valence-corrected chi connectivity index (χ3v) is 5.27. The van der Waals surface area contributed by atoms with Gasteiger partial charge in [0.25, 0.3) is 0 Å². The van der Waals surface area contributed by atoms with E-state index in [0.29, 0.717) is 26.3 Å². The van der Waals surface area contributed by atoms with Crippen LogP contribution in [0.1, 0.15) is 39.2 Å². The number of carbonyl (C=O) groups excluding carboxylic acids is 2. The molecule has 0 saturated carbocycles. The van der Waals surface area contributed by atoms with Crippen LogP contribution in [0.3, 0.4) is 0 Å². The standard InChI is InChI=1S/C20H28N2O4/c1-14(23)22-8-4-5-15(12-22)19(24)21-13-20(2,3)16-6-7-17-18(11-16)26-10-9-25-17/h6-7,11,15H,4-5,8-10,12-13H2,1-3H3,(H,21,24)/t15-/m1/s1. The van der Waals surface area contributed by atoms with Gasteiger partial charge in [0, 0.05) is 32.0 Å². The van der Waals surface area contributed by atoms with Crippen molar-refractivity contribution in [3.8, 4) is 11.5 Å². The minimum atomic E-state index is -0.236. The fraction of sp³-hybridized carbons (Fsp3) is 0.600. The second-order valence-electron chi connectivity index (χ2n) is 7.76. The Morgan fingerprint density at radius 1 is 1.23 bits per heavy atom. The van der Waals surface area contributed by atoms with Crippen molar-refractivity contribution >= 4 is 11.8 Å². The molecule has 2 aliphatic rings. The van der Waals surface area contributed by atoms with Gasteiger partial charge >= 0.3 is 0 Å². The van der Waals surface area contributed by atoms with Crippen LogP contribution >= 0.6 is 0 Å². The summed E-state index contributed by atoms with van der Waals surface area (Å²) < 4.78 is 11.2. The minimum absolute atomic E-state index is 0.0292. The second-order valence-corrected chi connectivity index (χ2v) is 7.76. The molecule has 1 aromatic rings. The van der Waals surface area contributed by atoms with Crippen molar-refractivity contribution in [2.24, 2.45) is 5.92 Å². The number of fused-ring (bicyclic) bond motifs is 1. The quantitative estimate of drug-likeness (QED) is 0.893. The van der Waals surface area contributed by atoms with Crippen molar-refractivity contribution < 1.29 is 19.1 Å². The van der Waals surface area contributed by atoms with Gasteiger partial charge in [-0.1, -0.05) is 19.9 Å². The highest BCUT2D eigenvalue weighted by atomic mass is 16.6. The summed E-state index contributed by atoms with van der Waals surface area (Å²) in [5.41, 5.74) is 0.858. The highest BCUT2D eigenvalue weighted by Gasteiger charge is 2.29. The predicted molar refractivity (Wildman–Crippen MR) is 98.4 cm³/mol. The minimum Gasteiger partial charge on any atom is -0.486 e. The molecule has 2 heterocycles. The van der Waals surface area contributed by atoms with E-state index in [-0.39, 0.29) is 23.1 Å². The Kier molecular flexibility index (Phi) is 5.39. The molecule has 0 spiro atoms. The first-order valence-corrected chi connectivity index (χ1v) is 9.30. The van der Waals surface area contributed by atoms with Crippen molar-refractivity contribution in [1.82, 2.24) is 10.2 Å². The molecule has 1 N–H and O–H groups in total. The summed E-state index contributed by atoms with van der Waals surface area (Å²) in [6.07, 6.45) is 1.71. The molecule has 0 radical (unpaired) electrons. The Labute approximate surface area is 154 Å². The van der Waals surface area contributed by atoms with Crippen LogP contribution in [0.25, 0.3) is 0 Å². The number of hydrogen-bond donors (Lipinski definition) is 1. The summed E-state index contributed by atoms with van der Waals surface area (Å²) in [6.45, 7) is 8.69. The molecule has 0 aromatic heterocycles. The van der Waals surface area contributed by atoms with E-state index in [1.54, 1.807) is 11.8 Å². The zero-order valence-corrected chi connectivity index (χ0v) is 15.8. The van der Waals surface area contributed by atoms with E-state index in [1.807, 2.05) is 18.2 Å². The molecule has 1 saturated heterocycles. The maximum absolute atomic E-state index is 12.6. The van der Waals surface area contributed by atoms with Gasteiger partial charge in [-0.15, -0.1) is 0 Å². The topological polar surface area (TPSA) is 67.9 Å². The van der Waals surface area contributed by atoms with Gasteiger partial charge in [0.1, 0.15) is 13.2 Å². The Morgan fingerprint density at radius 2 is 1.96 bits per heavy atom. The van der Waals surface area contributed by atoms with Gasteiger partial charge in [0.05, 0.1) is 5.92 Å². The normalized spacial score (nSPS) is 19.8. The highest BCUT2D eigenvalue weighted by Crippen LogP contribution is 2.35. The molecule has 0 bridgehead atoms. The maximum Gasteiger partial charge on any atom is 0.224 e.